The lowest BCUT2D eigenvalue weighted by Crippen LogP contribution is -2.30. The highest BCUT2D eigenvalue weighted by molar-refractivity contribution is 7.13. The third-order valence-electron chi connectivity index (χ3n) is 5.65. The average Bonchev–Trinajstić information content (AvgIpc) is 3.32. The van der Waals surface area contributed by atoms with Crippen LogP contribution >= 0.6 is 11.3 Å². The van der Waals surface area contributed by atoms with Gasteiger partial charge in [-0.3, -0.25) is 9.69 Å². The van der Waals surface area contributed by atoms with E-state index < -0.39 is 0 Å². The summed E-state index contributed by atoms with van der Waals surface area (Å²) in [6.45, 7) is 2.90. The number of carbonyl (C=O) groups excluding carboxylic acids is 1. The Morgan fingerprint density at radius 2 is 2.04 bits per heavy atom. The van der Waals surface area contributed by atoms with E-state index in [1.165, 1.54) is 36.8 Å². The Kier molecular flexibility index (Phi) is 5.65. The van der Waals surface area contributed by atoms with E-state index in [1.807, 2.05) is 0 Å². The monoisotopic (exact) mass is 369 g/mol. The van der Waals surface area contributed by atoms with Gasteiger partial charge in [0.25, 0.3) is 0 Å². The second-order valence-electron chi connectivity index (χ2n) is 7.61. The first-order valence-corrected chi connectivity index (χ1v) is 10.7. The van der Waals surface area contributed by atoms with Gasteiger partial charge in [-0.15, -0.1) is 11.3 Å². The maximum Gasteiger partial charge on any atom is 0.226 e. The maximum atomic E-state index is 12.2. The number of benzene rings is 1. The number of rotatable bonds is 6. The van der Waals surface area contributed by atoms with Crippen LogP contribution in [0.1, 0.15) is 55.3 Å². The standard InChI is InChI=1S/C21H27N3OS/c25-20(10-9-16-5-1-2-6-16)23-21-22-19(15-26-21)14-24-12-11-17-7-3-4-8-18(17)13-24/h3-4,7-8,15-16H,1-2,5-6,9-14H2,(H,22,23,25). The number of hydrogen-bond donors (Lipinski definition) is 1. The molecule has 1 aromatic carbocycles. The molecule has 2 aromatic rings. The zero-order valence-electron chi connectivity index (χ0n) is 15.2. The molecule has 0 radical (unpaired) electrons. The molecule has 1 aliphatic heterocycles. The van der Waals surface area contributed by atoms with Crippen molar-refractivity contribution < 1.29 is 4.79 Å². The highest BCUT2D eigenvalue weighted by Gasteiger charge is 2.18. The molecule has 0 atom stereocenters. The molecule has 1 amide bonds. The Balaban J connectivity index is 1.26. The molecular formula is C21H27N3OS. The summed E-state index contributed by atoms with van der Waals surface area (Å²) in [5, 5.41) is 5.81. The maximum absolute atomic E-state index is 12.2. The minimum absolute atomic E-state index is 0.115. The van der Waals surface area contributed by atoms with Gasteiger partial charge in [-0.25, -0.2) is 4.98 Å². The minimum Gasteiger partial charge on any atom is -0.302 e. The lowest BCUT2D eigenvalue weighted by atomic mass is 10.00. The van der Waals surface area contributed by atoms with Gasteiger partial charge in [0, 0.05) is 31.4 Å². The van der Waals surface area contributed by atoms with Gasteiger partial charge < -0.3 is 5.32 Å². The molecule has 1 fully saturated rings. The molecule has 1 saturated carbocycles. The SMILES string of the molecule is O=C(CCC1CCCC1)Nc1nc(CN2CCc3ccccc3C2)cs1. The van der Waals surface area contributed by atoms with Gasteiger partial charge in [0.2, 0.25) is 5.91 Å². The number of nitrogens with zero attached hydrogens (tertiary/aromatic N) is 2. The fourth-order valence-corrected chi connectivity index (χ4v) is 4.89. The molecule has 26 heavy (non-hydrogen) atoms. The van der Waals surface area contributed by atoms with E-state index in [-0.39, 0.29) is 5.91 Å². The van der Waals surface area contributed by atoms with Crippen molar-refractivity contribution in [1.82, 2.24) is 9.88 Å². The summed E-state index contributed by atoms with van der Waals surface area (Å²) in [6.07, 6.45) is 8.03. The van der Waals surface area contributed by atoms with Crippen LogP contribution in [0.15, 0.2) is 29.6 Å². The molecule has 1 aliphatic carbocycles. The third-order valence-corrected chi connectivity index (χ3v) is 6.45. The second-order valence-corrected chi connectivity index (χ2v) is 8.47. The molecule has 5 heteroatoms. The third kappa shape index (κ3) is 4.51. The smallest absolute Gasteiger partial charge is 0.226 e. The molecule has 0 bridgehead atoms. The number of hydrogen-bond acceptors (Lipinski definition) is 4. The highest BCUT2D eigenvalue weighted by Crippen LogP contribution is 2.29. The van der Waals surface area contributed by atoms with Crippen LogP contribution in [-0.4, -0.2) is 22.3 Å². The van der Waals surface area contributed by atoms with E-state index in [2.05, 4.69) is 44.8 Å². The van der Waals surface area contributed by atoms with Gasteiger partial charge in [0.05, 0.1) is 5.69 Å². The zero-order chi connectivity index (χ0) is 17.8. The van der Waals surface area contributed by atoms with Crippen molar-refractivity contribution >= 4 is 22.4 Å². The van der Waals surface area contributed by atoms with Crippen molar-refractivity contribution in [3.63, 3.8) is 0 Å². The van der Waals surface area contributed by atoms with Crippen LogP contribution in [0.25, 0.3) is 0 Å². The molecule has 1 N–H and O–H groups in total. The first-order valence-electron chi connectivity index (χ1n) is 9.79. The Morgan fingerprint density at radius 3 is 2.88 bits per heavy atom. The molecule has 4 nitrogen and oxygen atoms in total. The summed E-state index contributed by atoms with van der Waals surface area (Å²) >= 11 is 1.54. The largest absolute Gasteiger partial charge is 0.302 e. The van der Waals surface area contributed by atoms with Crippen molar-refractivity contribution in [1.29, 1.82) is 0 Å². The van der Waals surface area contributed by atoms with E-state index in [9.17, 15) is 4.79 Å². The number of nitrogens with one attached hydrogen (secondary N) is 1. The molecular weight excluding hydrogens is 342 g/mol. The van der Waals surface area contributed by atoms with Crippen LogP contribution in [-0.2, 0) is 24.3 Å². The predicted octanol–water partition coefficient (Wildman–Crippen LogP) is 4.61. The van der Waals surface area contributed by atoms with Gasteiger partial charge in [-0.1, -0.05) is 49.9 Å². The molecule has 0 unspecified atom stereocenters. The normalized spacial score (nSPS) is 18.0. The summed E-state index contributed by atoms with van der Waals surface area (Å²) in [5.41, 5.74) is 3.95. The van der Waals surface area contributed by atoms with Crippen molar-refractivity contribution in [2.45, 2.75) is 58.0 Å². The van der Waals surface area contributed by atoms with Crippen molar-refractivity contribution in [3.8, 4) is 0 Å². The molecule has 2 aliphatic rings. The van der Waals surface area contributed by atoms with E-state index >= 15 is 0 Å². The van der Waals surface area contributed by atoms with Crippen LogP contribution in [0.3, 0.4) is 0 Å². The minimum atomic E-state index is 0.115. The predicted molar refractivity (Wildman–Crippen MR) is 106 cm³/mol. The van der Waals surface area contributed by atoms with E-state index in [4.69, 9.17) is 0 Å². The van der Waals surface area contributed by atoms with Crippen LogP contribution in [0.4, 0.5) is 5.13 Å². The van der Waals surface area contributed by atoms with Crippen molar-refractivity contribution in [3.05, 3.63) is 46.5 Å². The average molecular weight is 370 g/mol. The van der Waals surface area contributed by atoms with E-state index in [0.29, 0.717) is 6.42 Å². The zero-order valence-corrected chi connectivity index (χ0v) is 16.1. The van der Waals surface area contributed by atoms with Crippen LogP contribution in [0, 0.1) is 5.92 Å². The Bertz CT molecular complexity index is 751. The Morgan fingerprint density at radius 1 is 1.23 bits per heavy atom. The van der Waals surface area contributed by atoms with Crippen molar-refractivity contribution in [2.24, 2.45) is 5.92 Å². The first kappa shape index (κ1) is 17.7. The molecule has 138 valence electrons. The van der Waals surface area contributed by atoms with Gasteiger partial charge in [0.15, 0.2) is 5.13 Å². The first-order chi connectivity index (χ1) is 12.8. The number of thiazole rings is 1. The van der Waals surface area contributed by atoms with Crippen LogP contribution in [0.2, 0.25) is 0 Å². The highest BCUT2D eigenvalue weighted by atomic mass is 32.1. The number of aromatic nitrogens is 1. The van der Waals surface area contributed by atoms with Crippen molar-refractivity contribution in [2.75, 3.05) is 11.9 Å². The topological polar surface area (TPSA) is 45.2 Å². The number of carbonyl (C=O) groups is 1. The molecule has 2 heterocycles. The number of anilines is 1. The number of fused-ring (bicyclic) bond motifs is 1. The lowest BCUT2D eigenvalue weighted by Gasteiger charge is -2.27. The fourth-order valence-electron chi connectivity index (χ4n) is 4.17. The molecule has 1 aromatic heterocycles. The summed E-state index contributed by atoms with van der Waals surface area (Å²) < 4.78 is 0. The van der Waals surface area contributed by atoms with Gasteiger partial charge >= 0.3 is 0 Å². The molecule has 0 spiro atoms. The van der Waals surface area contributed by atoms with E-state index in [1.54, 1.807) is 11.3 Å². The van der Waals surface area contributed by atoms with E-state index in [0.717, 1.165) is 49.2 Å². The summed E-state index contributed by atoms with van der Waals surface area (Å²) in [6, 6.07) is 8.69. The summed E-state index contributed by atoms with van der Waals surface area (Å²) in [7, 11) is 0. The molecule has 0 saturated heterocycles. The molecule has 4 rings (SSSR count). The Labute approximate surface area is 159 Å². The lowest BCUT2D eigenvalue weighted by molar-refractivity contribution is -0.116. The Hall–Kier alpha value is -1.72. The number of amides is 1. The quantitative estimate of drug-likeness (QED) is 0.809. The fraction of sp³-hybridized carbons (Fsp3) is 0.524. The van der Waals surface area contributed by atoms with Crippen LogP contribution < -0.4 is 5.32 Å². The van der Waals surface area contributed by atoms with Gasteiger partial charge in [-0.2, -0.15) is 0 Å². The van der Waals surface area contributed by atoms with Gasteiger partial charge in [0.1, 0.15) is 0 Å². The second kappa shape index (κ2) is 8.31. The summed E-state index contributed by atoms with van der Waals surface area (Å²) in [5.74, 6) is 0.874. The summed E-state index contributed by atoms with van der Waals surface area (Å²) in [4.78, 5) is 19.2. The van der Waals surface area contributed by atoms with Crippen LogP contribution in [0.5, 0.6) is 0 Å². The van der Waals surface area contributed by atoms with Gasteiger partial charge in [-0.05, 0) is 29.9 Å².